The van der Waals surface area contributed by atoms with Gasteiger partial charge in [0.2, 0.25) is 0 Å². The lowest BCUT2D eigenvalue weighted by Gasteiger charge is -2.18. The number of unbranched alkanes of at least 4 members (excludes halogenated alkanes) is 21. The summed E-state index contributed by atoms with van der Waals surface area (Å²) in [5, 5.41) is 0. The van der Waals surface area contributed by atoms with E-state index in [9.17, 15) is 14.4 Å². The fourth-order valence-electron chi connectivity index (χ4n) is 7.48. The summed E-state index contributed by atoms with van der Waals surface area (Å²) in [6, 6.07) is 0. The Hall–Kier alpha value is -3.93. The molecule has 0 aliphatic carbocycles. The average Bonchev–Trinajstić information content (AvgIpc) is 3.35. The summed E-state index contributed by atoms with van der Waals surface area (Å²) in [5.74, 6) is -0.933. The summed E-state index contributed by atoms with van der Waals surface area (Å²) in [6.45, 7) is 6.41. The van der Waals surface area contributed by atoms with Crippen LogP contribution in [0.15, 0.2) is 109 Å². The van der Waals surface area contributed by atoms with E-state index < -0.39 is 6.10 Å². The zero-order valence-corrected chi connectivity index (χ0v) is 44.8. The third-order valence-corrected chi connectivity index (χ3v) is 11.7. The monoisotopic (exact) mass is 957 g/mol. The van der Waals surface area contributed by atoms with E-state index in [1.54, 1.807) is 0 Å². The van der Waals surface area contributed by atoms with Crippen molar-refractivity contribution in [1.82, 2.24) is 0 Å². The Morgan fingerprint density at radius 2 is 0.594 bits per heavy atom. The third kappa shape index (κ3) is 54.9. The fraction of sp³-hybridized carbons (Fsp3) is 0.667. The number of hydrogen-bond donors (Lipinski definition) is 0. The molecule has 1 atom stereocenters. The molecule has 0 N–H and O–H groups in total. The molecule has 0 aromatic carbocycles. The van der Waals surface area contributed by atoms with Crippen LogP contribution in [0.5, 0.6) is 0 Å². The predicted octanol–water partition coefficient (Wildman–Crippen LogP) is 19.1. The molecule has 69 heavy (non-hydrogen) atoms. The van der Waals surface area contributed by atoms with Gasteiger partial charge in [0, 0.05) is 19.3 Å². The third-order valence-electron chi connectivity index (χ3n) is 11.7. The largest absolute Gasteiger partial charge is 0.462 e. The van der Waals surface area contributed by atoms with Crippen molar-refractivity contribution in [2.45, 2.75) is 258 Å². The minimum absolute atomic E-state index is 0.0941. The van der Waals surface area contributed by atoms with Crippen molar-refractivity contribution in [3.63, 3.8) is 0 Å². The van der Waals surface area contributed by atoms with Crippen LogP contribution in [0, 0.1) is 0 Å². The van der Waals surface area contributed by atoms with E-state index in [2.05, 4.69) is 130 Å². The Labute approximate surface area is 425 Å². The molecule has 0 saturated heterocycles. The summed E-state index contributed by atoms with van der Waals surface area (Å²) in [7, 11) is 0. The molecule has 0 spiro atoms. The highest BCUT2D eigenvalue weighted by Gasteiger charge is 2.19. The van der Waals surface area contributed by atoms with Crippen LogP contribution in [0.4, 0.5) is 0 Å². The number of ether oxygens (including phenoxy) is 3. The van der Waals surface area contributed by atoms with Crippen molar-refractivity contribution >= 4 is 17.9 Å². The molecule has 0 fully saturated rings. The molecular formula is C63H104O6. The molecule has 0 aliphatic heterocycles. The molecule has 1 unspecified atom stereocenters. The highest BCUT2D eigenvalue weighted by molar-refractivity contribution is 5.71. The van der Waals surface area contributed by atoms with Crippen molar-refractivity contribution in [2.75, 3.05) is 13.2 Å². The second-order valence-electron chi connectivity index (χ2n) is 18.5. The van der Waals surface area contributed by atoms with Crippen molar-refractivity contribution in [3.05, 3.63) is 109 Å². The lowest BCUT2D eigenvalue weighted by Crippen LogP contribution is -2.30. The molecule has 0 saturated carbocycles. The Morgan fingerprint density at radius 3 is 0.957 bits per heavy atom. The van der Waals surface area contributed by atoms with E-state index in [0.717, 1.165) is 148 Å². The predicted molar refractivity (Wildman–Crippen MR) is 297 cm³/mol. The lowest BCUT2D eigenvalue weighted by molar-refractivity contribution is -0.167. The lowest BCUT2D eigenvalue weighted by atomic mass is 10.1. The van der Waals surface area contributed by atoms with Crippen LogP contribution in [-0.4, -0.2) is 37.2 Å². The minimum Gasteiger partial charge on any atom is -0.462 e. The van der Waals surface area contributed by atoms with Gasteiger partial charge in [0.1, 0.15) is 13.2 Å². The van der Waals surface area contributed by atoms with Crippen molar-refractivity contribution in [1.29, 1.82) is 0 Å². The van der Waals surface area contributed by atoms with Gasteiger partial charge in [-0.05, 0) is 122 Å². The Bertz CT molecular complexity index is 1420. The summed E-state index contributed by atoms with van der Waals surface area (Å²) in [6.07, 6.45) is 76.5. The number of carbonyl (C=O) groups is 3. The van der Waals surface area contributed by atoms with Gasteiger partial charge in [0.15, 0.2) is 6.10 Å². The molecule has 0 aromatic heterocycles. The van der Waals surface area contributed by atoms with E-state index >= 15 is 0 Å². The van der Waals surface area contributed by atoms with Gasteiger partial charge in [-0.15, -0.1) is 0 Å². The van der Waals surface area contributed by atoms with E-state index in [-0.39, 0.29) is 31.1 Å². The van der Waals surface area contributed by atoms with Crippen molar-refractivity contribution in [2.24, 2.45) is 0 Å². The number of allylic oxidation sites excluding steroid dienone is 18. The van der Waals surface area contributed by atoms with Crippen LogP contribution in [0.25, 0.3) is 0 Å². The second kappa shape index (κ2) is 56.7. The first-order chi connectivity index (χ1) is 34.0. The Kier molecular flexibility index (Phi) is 53.4. The first-order valence-corrected chi connectivity index (χ1v) is 28.4. The van der Waals surface area contributed by atoms with Crippen LogP contribution in [0.2, 0.25) is 0 Å². The normalized spacial score (nSPS) is 12.9. The van der Waals surface area contributed by atoms with Gasteiger partial charge in [-0.3, -0.25) is 14.4 Å². The molecule has 0 bridgehead atoms. The van der Waals surface area contributed by atoms with E-state index in [4.69, 9.17) is 14.2 Å². The maximum Gasteiger partial charge on any atom is 0.306 e. The number of esters is 3. The number of rotatable bonds is 50. The topological polar surface area (TPSA) is 78.9 Å². The average molecular weight is 958 g/mol. The van der Waals surface area contributed by atoms with Gasteiger partial charge in [-0.2, -0.15) is 0 Å². The molecule has 392 valence electrons. The number of carbonyl (C=O) groups excluding carboxylic acids is 3. The quantitative estimate of drug-likeness (QED) is 0.0262. The van der Waals surface area contributed by atoms with E-state index in [1.165, 1.54) is 64.2 Å². The molecule has 0 heterocycles. The molecule has 0 aromatic rings. The van der Waals surface area contributed by atoms with Crippen LogP contribution in [0.3, 0.4) is 0 Å². The highest BCUT2D eigenvalue weighted by Crippen LogP contribution is 2.14. The van der Waals surface area contributed by atoms with Crippen LogP contribution in [0.1, 0.15) is 252 Å². The van der Waals surface area contributed by atoms with Gasteiger partial charge >= 0.3 is 17.9 Å². The maximum absolute atomic E-state index is 12.8. The first-order valence-electron chi connectivity index (χ1n) is 28.4. The van der Waals surface area contributed by atoms with Gasteiger partial charge in [-0.1, -0.05) is 220 Å². The SMILES string of the molecule is CC/C=C\C/C=C\C/C=C\C/C=C\C/C=C\C/C=C\CCCCCCCCC(=O)OCC(COC(=O)CCCCCCC/C=C\CCCCCC)OC(=O)CCCCCCC/C=C\C/C=C\CCC. The second-order valence-corrected chi connectivity index (χ2v) is 18.5. The molecule has 0 rings (SSSR count). The van der Waals surface area contributed by atoms with E-state index in [1.807, 2.05) is 0 Å². The van der Waals surface area contributed by atoms with Crippen LogP contribution >= 0.6 is 0 Å². The van der Waals surface area contributed by atoms with Crippen molar-refractivity contribution in [3.8, 4) is 0 Å². The standard InChI is InChI=1S/C63H104O6/c1-4-7-10-13-16-19-22-25-26-27-28-29-30-31-32-33-34-35-36-39-41-44-47-50-53-56-62(65)68-59-60(69-63(66)57-54-51-48-45-42-38-24-21-18-15-12-9-6-3)58-67-61(64)55-52-49-46-43-40-37-23-20-17-14-11-8-5-2/h7,10,12,15-16,19-21,23-26,28-29,31-32,34-35,60H,4-6,8-9,11,13-14,17-18,22,27,30,33,36-59H2,1-3H3/b10-7-,15-12-,19-16-,23-20-,24-21-,26-25-,29-28-,32-31-,35-34-. The smallest absolute Gasteiger partial charge is 0.306 e. The molecular weight excluding hydrogens is 853 g/mol. The molecule has 0 aliphatic rings. The first kappa shape index (κ1) is 65.1. The zero-order valence-electron chi connectivity index (χ0n) is 44.8. The number of hydrogen-bond acceptors (Lipinski definition) is 6. The highest BCUT2D eigenvalue weighted by atomic mass is 16.6. The summed E-state index contributed by atoms with van der Waals surface area (Å²) in [4.78, 5) is 38.1. The fourth-order valence-corrected chi connectivity index (χ4v) is 7.48. The Balaban J connectivity index is 4.37. The maximum atomic E-state index is 12.8. The van der Waals surface area contributed by atoms with Crippen molar-refractivity contribution < 1.29 is 28.6 Å². The van der Waals surface area contributed by atoms with Crippen LogP contribution in [-0.2, 0) is 28.6 Å². The summed E-state index contributed by atoms with van der Waals surface area (Å²) in [5.41, 5.74) is 0. The summed E-state index contributed by atoms with van der Waals surface area (Å²) < 4.78 is 16.8. The zero-order chi connectivity index (χ0) is 50.0. The van der Waals surface area contributed by atoms with Gasteiger partial charge in [-0.25, -0.2) is 0 Å². The van der Waals surface area contributed by atoms with Crippen LogP contribution < -0.4 is 0 Å². The van der Waals surface area contributed by atoms with E-state index in [0.29, 0.717) is 19.3 Å². The molecule has 0 amide bonds. The Morgan fingerprint density at radius 1 is 0.304 bits per heavy atom. The van der Waals surface area contributed by atoms with Gasteiger partial charge < -0.3 is 14.2 Å². The molecule has 6 nitrogen and oxygen atoms in total. The van der Waals surface area contributed by atoms with Gasteiger partial charge in [0.25, 0.3) is 0 Å². The minimum atomic E-state index is -0.796. The molecule has 6 heteroatoms. The summed E-state index contributed by atoms with van der Waals surface area (Å²) >= 11 is 0. The molecule has 0 radical (unpaired) electrons. The van der Waals surface area contributed by atoms with Gasteiger partial charge in [0.05, 0.1) is 0 Å².